The van der Waals surface area contributed by atoms with Crippen LogP contribution in [0.1, 0.15) is 13.8 Å². The van der Waals surface area contributed by atoms with Crippen LogP contribution < -0.4 is 10.6 Å². The summed E-state index contributed by atoms with van der Waals surface area (Å²) in [6.07, 6.45) is 0. The number of hydrogen-bond donors (Lipinski definition) is 3. The first-order chi connectivity index (χ1) is 5.35. The lowest BCUT2D eigenvalue weighted by molar-refractivity contribution is 0.846. The zero-order valence-electron chi connectivity index (χ0n) is 7.63. The van der Waals surface area contributed by atoms with Crippen LogP contribution in [0.2, 0.25) is 0 Å². The maximum atomic E-state index is 4.24. The van der Waals surface area contributed by atoms with Gasteiger partial charge in [0.2, 0.25) is 0 Å². The molecule has 0 rings (SSSR count). The fourth-order valence-corrected chi connectivity index (χ4v) is 0.771. The van der Waals surface area contributed by atoms with E-state index in [1.54, 1.807) is 0 Å². The summed E-state index contributed by atoms with van der Waals surface area (Å²) in [5, 5.41) is 6.25. The molecule has 0 saturated heterocycles. The van der Waals surface area contributed by atoms with Crippen LogP contribution in [0, 0.1) is 0 Å². The van der Waals surface area contributed by atoms with Gasteiger partial charge >= 0.3 is 0 Å². The number of halogens is 1. The zero-order valence-corrected chi connectivity index (χ0v) is 10.2. The molecule has 0 radical (unpaired) electrons. The molecule has 0 amide bonds. The Balaban J connectivity index is 0. The zero-order chi connectivity index (χ0) is 8.53. The quantitative estimate of drug-likeness (QED) is 0.400. The van der Waals surface area contributed by atoms with Crippen molar-refractivity contribution in [2.24, 2.45) is 4.99 Å². The standard InChI is InChI=1S/C7H17N3S.BrH/c1-3-8-7(9-4-2)10-5-6-11;/h11H,3-6H2,1-2H3,(H2,8,9,10);1H. The summed E-state index contributed by atoms with van der Waals surface area (Å²) in [4.78, 5) is 4.24. The molecule has 3 nitrogen and oxygen atoms in total. The van der Waals surface area contributed by atoms with Crippen LogP contribution in [0.25, 0.3) is 0 Å². The van der Waals surface area contributed by atoms with E-state index in [4.69, 9.17) is 0 Å². The monoisotopic (exact) mass is 255 g/mol. The van der Waals surface area contributed by atoms with Gasteiger partial charge in [0.15, 0.2) is 5.96 Å². The third-order valence-corrected chi connectivity index (χ3v) is 1.26. The first-order valence-electron chi connectivity index (χ1n) is 3.98. The molecular weight excluding hydrogens is 238 g/mol. The number of rotatable bonds is 4. The van der Waals surface area contributed by atoms with E-state index in [1.165, 1.54) is 0 Å². The molecule has 2 N–H and O–H groups in total. The predicted molar refractivity (Wildman–Crippen MR) is 63.8 cm³/mol. The van der Waals surface area contributed by atoms with Crippen LogP contribution in [0.15, 0.2) is 4.99 Å². The molecule has 0 atom stereocenters. The van der Waals surface area contributed by atoms with Crippen LogP contribution in [-0.2, 0) is 0 Å². The topological polar surface area (TPSA) is 36.4 Å². The molecule has 5 heteroatoms. The molecule has 0 aliphatic heterocycles. The highest BCUT2D eigenvalue weighted by molar-refractivity contribution is 8.93. The van der Waals surface area contributed by atoms with E-state index in [2.05, 4.69) is 28.3 Å². The second-order valence-corrected chi connectivity index (χ2v) is 2.46. The Hall–Kier alpha value is 0.1000. The van der Waals surface area contributed by atoms with Crippen molar-refractivity contribution in [1.29, 1.82) is 0 Å². The van der Waals surface area contributed by atoms with Gasteiger partial charge in [-0.3, -0.25) is 4.99 Å². The van der Waals surface area contributed by atoms with Gasteiger partial charge in [0.1, 0.15) is 0 Å². The molecule has 0 unspecified atom stereocenters. The Labute approximate surface area is 90.6 Å². The van der Waals surface area contributed by atoms with Gasteiger partial charge in [0, 0.05) is 18.8 Å². The van der Waals surface area contributed by atoms with Crippen molar-refractivity contribution >= 4 is 35.6 Å². The molecule has 0 aromatic heterocycles. The Morgan fingerprint density at radius 2 is 1.75 bits per heavy atom. The molecule has 0 heterocycles. The molecule has 0 spiro atoms. The Bertz CT molecular complexity index is 111. The van der Waals surface area contributed by atoms with Crippen LogP contribution in [0.4, 0.5) is 0 Å². The van der Waals surface area contributed by atoms with E-state index < -0.39 is 0 Å². The van der Waals surface area contributed by atoms with Gasteiger partial charge in [-0.05, 0) is 13.8 Å². The third kappa shape index (κ3) is 8.20. The van der Waals surface area contributed by atoms with E-state index in [9.17, 15) is 0 Å². The van der Waals surface area contributed by atoms with Gasteiger partial charge in [0.05, 0.1) is 6.54 Å². The molecule has 0 aromatic carbocycles. The Morgan fingerprint density at radius 1 is 1.25 bits per heavy atom. The molecule has 0 aromatic rings. The first kappa shape index (κ1) is 14.6. The van der Waals surface area contributed by atoms with E-state index in [1.807, 2.05) is 13.8 Å². The van der Waals surface area contributed by atoms with E-state index in [0.29, 0.717) is 0 Å². The average molecular weight is 256 g/mol. The molecule has 0 saturated carbocycles. The summed E-state index contributed by atoms with van der Waals surface area (Å²) in [7, 11) is 0. The molecule has 0 bridgehead atoms. The minimum Gasteiger partial charge on any atom is -0.357 e. The highest BCUT2D eigenvalue weighted by atomic mass is 79.9. The van der Waals surface area contributed by atoms with Crippen LogP contribution >= 0.6 is 29.6 Å². The van der Waals surface area contributed by atoms with Gasteiger partial charge in [-0.2, -0.15) is 12.6 Å². The van der Waals surface area contributed by atoms with Crippen LogP contribution in [0.5, 0.6) is 0 Å². The van der Waals surface area contributed by atoms with Crippen molar-refractivity contribution in [2.75, 3.05) is 25.4 Å². The number of thiol groups is 1. The summed E-state index contributed by atoms with van der Waals surface area (Å²) in [5.74, 6) is 1.67. The summed E-state index contributed by atoms with van der Waals surface area (Å²) in [5.41, 5.74) is 0. The van der Waals surface area contributed by atoms with E-state index in [-0.39, 0.29) is 17.0 Å². The lowest BCUT2D eigenvalue weighted by atomic mass is 10.6. The van der Waals surface area contributed by atoms with Crippen molar-refractivity contribution in [2.45, 2.75) is 13.8 Å². The second-order valence-electron chi connectivity index (χ2n) is 2.01. The lowest BCUT2D eigenvalue weighted by Crippen LogP contribution is -2.37. The van der Waals surface area contributed by atoms with Gasteiger partial charge in [-0.15, -0.1) is 17.0 Å². The summed E-state index contributed by atoms with van der Waals surface area (Å²) in [6, 6.07) is 0. The number of hydrogen-bond acceptors (Lipinski definition) is 2. The highest BCUT2D eigenvalue weighted by Gasteiger charge is 1.90. The normalized spacial score (nSPS) is 8.25. The predicted octanol–water partition coefficient (Wildman–Crippen LogP) is 1.07. The van der Waals surface area contributed by atoms with Crippen LogP contribution in [0.3, 0.4) is 0 Å². The van der Waals surface area contributed by atoms with E-state index >= 15 is 0 Å². The molecule has 74 valence electrons. The highest BCUT2D eigenvalue weighted by Crippen LogP contribution is 1.76. The van der Waals surface area contributed by atoms with Crippen molar-refractivity contribution in [3.63, 3.8) is 0 Å². The minimum atomic E-state index is 0. The molecule has 0 fully saturated rings. The third-order valence-electron chi connectivity index (χ3n) is 1.06. The number of nitrogens with zero attached hydrogens (tertiary/aromatic N) is 1. The van der Waals surface area contributed by atoms with Crippen molar-refractivity contribution in [3.8, 4) is 0 Å². The van der Waals surface area contributed by atoms with Crippen LogP contribution in [-0.4, -0.2) is 31.3 Å². The lowest BCUT2D eigenvalue weighted by Gasteiger charge is -2.07. The summed E-state index contributed by atoms with van der Waals surface area (Å²) < 4.78 is 0. The van der Waals surface area contributed by atoms with Crippen molar-refractivity contribution < 1.29 is 0 Å². The largest absolute Gasteiger partial charge is 0.357 e. The molecule has 0 aliphatic carbocycles. The number of guanidine groups is 1. The number of aliphatic imine (C=N–C) groups is 1. The van der Waals surface area contributed by atoms with Gasteiger partial charge in [-0.25, -0.2) is 0 Å². The van der Waals surface area contributed by atoms with Crippen molar-refractivity contribution in [3.05, 3.63) is 0 Å². The second kappa shape index (κ2) is 11.1. The maximum absolute atomic E-state index is 4.24. The summed E-state index contributed by atoms with van der Waals surface area (Å²) in [6.45, 7) is 6.66. The smallest absolute Gasteiger partial charge is 0.191 e. The minimum absolute atomic E-state index is 0. The number of nitrogens with one attached hydrogen (secondary N) is 2. The first-order valence-corrected chi connectivity index (χ1v) is 4.61. The Morgan fingerprint density at radius 3 is 2.08 bits per heavy atom. The summed E-state index contributed by atoms with van der Waals surface area (Å²) >= 11 is 4.07. The van der Waals surface area contributed by atoms with Gasteiger partial charge < -0.3 is 10.6 Å². The molecule has 0 aliphatic rings. The van der Waals surface area contributed by atoms with Crippen molar-refractivity contribution in [1.82, 2.24) is 10.6 Å². The fourth-order valence-electron chi connectivity index (χ4n) is 0.671. The van der Waals surface area contributed by atoms with Gasteiger partial charge in [-0.1, -0.05) is 0 Å². The maximum Gasteiger partial charge on any atom is 0.191 e. The SMILES string of the molecule is Br.CCNC(=NCCS)NCC. The molecule has 12 heavy (non-hydrogen) atoms. The van der Waals surface area contributed by atoms with Gasteiger partial charge in [0.25, 0.3) is 0 Å². The molecular formula is C7H18BrN3S. The fraction of sp³-hybridized carbons (Fsp3) is 0.857. The van der Waals surface area contributed by atoms with E-state index in [0.717, 1.165) is 31.3 Å². The Kier molecular flexibility index (Phi) is 13.5. The average Bonchev–Trinajstić information content (AvgIpc) is 2.01.